The van der Waals surface area contributed by atoms with Gasteiger partial charge in [0.1, 0.15) is 0 Å². The van der Waals surface area contributed by atoms with E-state index in [1.165, 1.54) is 58.0 Å². The van der Waals surface area contributed by atoms with Crippen LogP contribution in [-0.4, -0.2) is 40.4 Å². The number of ether oxygens (including phenoxy) is 1. The Hall–Kier alpha value is -1.07. The van der Waals surface area contributed by atoms with Gasteiger partial charge < -0.3 is 10.5 Å². The average Bonchev–Trinajstić information content (AvgIpc) is 3.15. The van der Waals surface area contributed by atoms with Crippen LogP contribution in [-0.2, 0) is 7.05 Å². The minimum Gasteiger partial charge on any atom is -0.493 e. The van der Waals surface area contributed by atoms with Crippen LogP contribution in [0.25, 0.3) is 0 Å². The van der Waals surface area contributed by atoms with Gasteiger partial charge in [0.25, 0.3) is 0 Å². The molecule has 0 amide bonds. The van der Waals surface area contributed by atoms with Gasteiger partial charge in [-0.3, -0.25) is 9.58 Å². The third-order valence-electron chi connectivity index (χ3n) is 5.50. The number of hydrogen-bond donors (Lipinski definition) is 1. The minimum absolute atomic E-state index is 0.0273. The molecule has 0 spiro atoms. The Labute approximate surface area is 127 Å². The van der Waals surface area contributed by atoms with E-state index in [2.05, 4.69) is 10.00 Å². The van der Waals surface area contributed by atoms with Gasteiger partial charge in [-0.25, -0.2) is 0 Å². The van der Waals surface area contributed by atoms with E-state index in [1.807, 2.05) is 11.7 Å². The number of hydrogen-bond acceptors (Lipinski definition) is 4. The molecule has 3 rings (SSSR count). The van der Waals surface area contributed by atoms with Gasteiger partial charge in [-0.15, -0.1) is 0 Å². The zero-order valence-corrected chi connectivity index (χ0v) is 13.3. The lowest BCUT2D eigenvalue weighted by Gasteiger charge is -2.47. The van der Waals surface area contributed by atoms with Crippen molar-refractivity contribution in [1.82, 2.24) is 14.7 Å². The number of likely N-dealkylation sites (tertiary alicyclic amines) is 1. The number of nitrogens with two attached hydrogens (primary N) is 1. The number of rotatable bonds is 4. The van der Waals surface area contributed by atoms with Crippen LogP contribution >= 0.6 is 0 Å². The molecule has 5 heteroatoms. The lowest BCUT2D eigenvalue weighted by Crippen LogP contribution is -2.55. The van der Waals surface area contributed by atoms with Crippen LogP contribution in [0.3, 0.4) is 0 Å². The highest BCUT2D eigenvalue weighted by molar-refractivity contribution is 5.31. The first-order valence-corrected chi connectivity index (χ1v) is 8.25. The maximum absolute atomic E-state index is 6.81. The van der Waals surface area contributed by atoms with Gasteiger partial charge in [0, 0.05) is 12.6 Å². The van der Waals surface area contributed by atoms with E-state index in [0.717, 1.165) is 11.4 Å². The Morgan fingerprint density at radius 2 is 1.86 bits per heavy atom. The van der Waals surface area contributed by atoms with Crippen LogP contribution in [0.2, 0.25) is 0 Å². The molecule has 1 aromatic heterocycles. The van der Waals surface area contributed by atoms with E-state index < -0.39 is 0 Å². The number of aryl methyl sites for hydroxylation is 1. The second kappa shape index (κ2) is 5.97. The summed E-state index contributed by atoms with van der Waals surface area (Å²) in [6.45, 7) is 2.38. The third kappa shape index (κ3) is 2.46. The largest absolute Gasteiger partial charge is 0.493 e. The van der Waals surface area contributed by atoms with E-state index in [9.17, 15) is 0 Å². The Kier molecular flexibility index (Phi) is 4.22. The van der Waals surface area contributed by atoms with Crippen LogP contribution in [0, 0.1) is 0 Å². The molecule has 0 bridgehead atoms. The molecule has 1 aliphatic carbocycles. The molecule has 118 valence electrons. The van der Waals surface area contributed by atoms with Crippen LogP contribution in [0.1, 0.15) is 56.7 Å². The lowest BCUT2D eigenvalue weighted by atomic mass is 9.83. The van der Waals surface area contributed by atoms with Crippen LogP contribution in [0.15, 0.2) is 6.20 Å². The van der Waals surface area contributed by atoms with Gasteiger partial charge in [0.05, 0.1) is 25.0 Å². The lowest BCUT2D eigenvalue weighted by molar-refractivity contribution is 0.0449. The quantitative estimate of drug-likeness (QED) is 0.924. The van der Waals surface area contributed by atoms with Crippen LogP contribution < -0.4 is 10.5 Å². The molecule has 2 fully saturated rings. The Morgan fingerprint density at radius 3 is 2.48 bits per heavy atom. The van der Waals surface area contributed by atoms with Crippen molar-refractivity contribution in [2.24, 2.45) is 12.8 Å². The van der Waals surface area contributed by atoms with Gasteiger partial charge in [0.15, 0.2) is 5.75 Å². The number of piperidine rings is 1. The predicted octanol–water partition coefficient (Wildman–Crippen LogP) is 2.23. The molecule has 0 aromatic carbocycles. The first-order valence-electron chi connectivity index (χ1n) is 8.25. The van der Waals surface area contributed by atoms with Crippen LogP contribution in [0.5, 0.6) is 5.75 Å². The van der Waals surface area contributed by atoms with Crippen molar-refractivity contribution in [1.29, 1.82) is 0 Å². The summed E-state index contributed by atoms with van der Waals surface area (Å²) in [5, 5.41) is 4.35. The zero-order valence-electron chi connectivity index (χ0n) is 13.3. The fraction of sp³-hybridized carbons (Fsp3) is 0.812. The van der Waals surface area contributed by atoms with Crippen LogP contribution in [0.4, 0.5) is 0 Å². The molecule has 2 N–H and O–H groups in total. The van der Waals surface area contributed by atoms with Crippen molar-refractivity contribution in [3.8, 4) is 5.75 Å². The van der Waals surface area contributed by atoms with Crippen molar-refractivity contribution in [3.63, 3.8) is 0 Å². The summed E-state index contributed by atoms with van der Waals surface area (Å²) in [7, 11) is 3.67. The molecule has 2 aliphatic rings. The highest BCUT2D eigenvalue weighted by Crippen LogP contribution is 2.46. The molecule has 2 heterocycles. The summed E-state index contributed by atoms with van der Waals surface area (Å²) in [5.74, 6) is 0.827. The van der Waals surface area contributed by atoms with E-state index in [1.54, 1.807) is 13.3 Å². The molecule has 0 radical (unpaired) electrons. The summed E-state index contributed by atoms with van der Waals surface area (Å²) < 4.78 is 7.39. The molecular formula is C16H28N4O. The maximum Gasteiger partial charge on any atom is 0.161 e. The number of aromatic nitrogens is 2. The topological polar surface area (TPSA) is 56.3 Å². The van der Waals surface area contributed by atoms with Gasteiger partial charge >= 0.3 is 0 Å². The van der Waals surface area contributed by atoms with Gasteiger partial charge in [-0.1, -0.05) is 19.3 Å². The van der Waals surface area contributed by atoms with Gasteiger partial charge in [-0.05, 0) is 38.8 Å². The fourth-order valence-corrected chi connectivity index (χ4v) is 4.34. The van der Waals surface area contributed by atoms with Crippen molar-refractivity contribution in [2.75, 3.05) is 20.2 Å². The molecule has 1 unspecified atom stereocenters. The normalized spacial score (nSPS) is 24.1. The maximum atomic E-state index is 6.81. The molecule has 1 aliphatic heterocycles. The van der Waals surface area contributed by atoms with Crippen molar-refractivity contribution in [3.05, 3.63) is 11.9 Å². The fourth-order valence-electron chi connectivity index (χ4n) is 4.34. The summed E-state index contributed by atoms with van der Waals surface area (Å²) in [6.07, 6.45) is 10.7. The highest BCUT2D eigenvalue weighted by atomic mass is 16.5. The standard InChI is InChI=1S/C16H28N4O/c1-19-14(13(21-2)12-18-19)15(17)16(8-4-5-9-16)20-10-6-3-7-11-20/h12,15H,3-11,17H2,1-2H3. The molecule has 1 aromatic rings. The molecule has 1 saturated heterocycles. The van der Waals surface area contributed by atoms with Crippen molar-refractivity contribution >= 4 is 0 Å². The monoisotopic (exact) mass is 292 g/mol. The Morgan fingerprint density at radius 1 is 1.19 bits per heavy atom. The molecule has 5 nitrogen and oxygen atoms in total. The smallest absolute Gasteiger partial charge is 0.161 e. The minimum atomic E-state index is -0.0273. The predicted molar refractivity (Wildman–Crippen MR) is 83.3 cm³/mol. The molecule has 1 atom stereocenters. The summed E-state index contributed by atoms with van der Waals surface area (Å²) in [5.41, 5.74) is 7.95. The number of methoxy groups -OCH3 is 1. The number of nitrogens with zero attached hydrogens (tertiary/aromatic N) is 3. The first kappa shape index (κ1) is 14.9. The van der Waals surface area contributed by atoms with E-state index in [4.69, 9.17) is 10.5 Å². The van der Waals surface area contributed by atoms with Gasteiger partial charge in [-0.2, -0.15) is 5.10 Å². The second-order valence-electron chi connectivity index (χ2n) is 6.56. The zero-order chi connectivity index (χ0) is 14.9. The van der Waals surface area contributed by atoms with Gasteiger partial charge in [0.2, 0.25) is 0 Å². The Bertz CT molecular complexity index is 473. The summed E-state index contributed by atoms with van der Waals surface area (Å²) in [4.78, 5) is 2.67. The Balaban J connectivity index is 1.94. The summed E-state index contributed by atoms with van der Waals surface area (Å²) >= 11 is 0. The van der Waals surface area contributed by atoms with E-state index >= 15 is 0 Å². The first-order chi connectivity index (χ1) is 10.2. The summed E-state index contributed by atoms with van der Waals surface area (Å²) in [6, 6.07) is -0.0273. The molecule has 21 heavy (non-hydrogen) atoms. The third-order valence-corrected chi connectivity index (χ3v) is 5.50. The highest BCUT2D eigenvalue weighted by Gasteiger charge is 2.47. The SMILES string of the molecule is COc1cnn(C)c1C(N)C1(N2CCCCC2)CCCC1. The molecular weight excluding hydrogens is 264 g/mol. The van der Waals surface area contributed by atoms with E-state index in [-0.39, 0.29) is 11.6 Å². The molecule has 1 saturated carbocycles. The van der Waals surface area contributed by atoms with E-state index in [0.29, 0.717) is 0 Å². The second-order valence-corrected chi connectivity index (χ2v) is 6.56. The average molecular weight is 292 g/mol. The van der Waals surface area contributed by atoms with Crippen molar-refractivity contribution < 1.29 is 4.74 Å². The van der Waals surface area contributed by atoms with Crippen molar-refractivity contribution in [2.45, 2.75) is 56.5 Å².